The van der Waals surface area contributed by atoms with Crippen LogP contribution in [0.4, 0.5) is 0 Å². The van der Waals surface area contributed by atoms with Gasteiger partial charge in [-0.05, 0) is 18.2 Å². The van der Waals surface area contributed by atoms with Crippen LogP contribution in [-0.4, -0.2) is 37.5 Å². The van der Waals surface area contributed by atoms with Crippen LogP contribution in [0.25, 0.3) is 10.9 Å². The molecular weight excluding hydrogens is 466 g/mol. The summed E-state index contributed by atoms with van der Waals surface area (Å²) in [6.07, 6.45) is 0.367. The first kappa shape index (κ1) is 22.5. The number of fused-ring (bicyclic) bond motifs is 2. The standard InChI is InChI=1S/C26H21N3O5S/c30-23(14-15-27-26-19-11-5-7-13-22(19)35(32,33)29-26)34-25(17-8-2-1-3-9-17)24(31)20-16-28-21-12-6-4-10-18(20)21/h1-13,16,25,28H,14-15H2,(H,27,29)/t25-/m0/s1. The Balaban J connectivity index is 1.34. The smallest absolute Gasteiger partial charge is 0.308 e. The molecule has 1 aliphatic rings. The summed E-state index contributed by atoms with van der Waals surface area (Å²) >= 11 is 0. The van der Waals surface area contributed by atoms with E-state index in [1.165, 1.54) is 6.07 Å². The molecule has 0 unspecified atom stereocenters. The maximum Gasteiger partial charge on any atom is 0.308 e. The lowest BCUT2D eigenvalue weighted by atomic mass is 9.99. The Morgan fingerprint density at radius 2 is 1.63 bits per heavy atom. The molecular formula is C26H21N3O5S. The van der Waals surface area contributed by atoms with Gasteiger partial charge >= 0.3 is 5.97 Å². The number of hydrogen-bond acceptors (Lipinski definition) is 6. The molecule has 3 aromatic carbocycles. The number of rotatable bonds is 7. The second kappa shape index (κ2) is 9.19. The van der Waals surface area contributed by atoms with Crippen LogP contribution in [0.3, 0.4) is 0 Å². The van der Waals surface area contributed by atoms with Gasteiger partial charge in [-0.2, -0.15) is 0 Å². The van der Waals surface area contributed by atoms with Crippen molar-refractivity contribution in [2.75, 3.05) is 6.54 Å². The van der Waals surface area contributed by atoms with Gasteiger partial charge in [0.2, 0.25) is 5.78 Å². The average molecular weight is 488 g/mol. The number of carbonyl (C=O) groups is 2. The number of aliphatic imine (C=N–C) groups is 1. The number of Topliss-reactive ketones (excluding diaryl/α,β-unsaturated/α-hetero) is 1. The van der Waals surface area contributed by atoms with E-state index >= 15 is 0 Å². The summed E-state index contributed by atoms with van der Waals surface area (Å²) < 4.78 is 32.5. The lowest BCUT2D eigenvalue weighted by molar-refractivity contribution is -0.147. The Morgan fingerprint density at radius 1 is 0.914 bits per heavy atom. The number of nitrogens with one attached hydrogen (secondary N) is 2. The highest BCUT2D eigenvalue weighted by molar-refractivity contribution is 7.90. The molecule has 1 atom stereocenters. The number of nitrogens with zero attached hydrogens (tertiary/aromatic N) is 1. The van der Waals surface area contributed by atoms with E-state index in [2.05, 4.69) is 14.7 Å². The van der Waals surface area contributed by atoms with Crippen molar-refractivity contribution in [1.82, 2.24) is 9.71 Å². The van der Waals surface area contributed by atoms with Crippen molar-refractivity contribution in [3.05, 3.63) is 102 Å². The second-order valence-electron chi connectivity index (χ2n) is 7.97. The van der Waals surface area contributed by atoms with Crippen molar-refractivity contribution < 1.29 is 22.7 Å². The zero-order chi connectivity index (χ0) is 24.4. The van der Waals surface area contributed by atoms with E-state index in [0.29, 0.717) is 16.7 Å². The number of benzene rings is 3. The van der Waals surface area contributed by atoms with E-state index < -0.39 is 22.1 Å². The molecule has 0 aliphatic carbocycles. The quantitative estimate of drug-likeness (QED) is 0.304. The minimum Gasteiger partial charge on any atom is -0.449 e. The van der Waals surface area contributed by atoms with Gasteiger partial charge in [0.05, 0.1) is 17.9 Å². The molecule has 0 amide bonds. The molecule has 2 heterocycles. The molecule has 1 aromatic heterocycles. The van der Waals surface area contributed by atoms with Crippen molar-refractivity contribution in [2.24, 2.45) is 4.99 Å². The first-order valence-electron chi connectivity index (χ1n) is 11.0. The molecule has 0 bridgehead atoms. The number of aromatic nitrogens is 1. The van der Waals surface area contributed by atoms with E-state index in [0.717, 1.165) is 10.9 Å². The Bertz CT molecular complexity index is 1560. The molecule has 0 saturated heterocycles. The highest BCUT2D eigenvalue weighted by atomic mass is 32.2. The molecule has 176 valence electrons. The number of hydrogen-bond donors (Lipinski definition) is 2. The summed E-state index contributed by atoms with van der Waals surface area (Å²) in [5, 5.41) is 0.744. The number of ketones is 1. The maximum absolute atomic E-state index is 13.4. The van der Waals surface area contributed by atoms with E-state index in [9.17, 15) is 18.0 Å². The number of amidine groups is 1. The number of aromatic amines is 1. The monoisotopic (exact) mass is 487 g/mol. The van der Waals surface area contributed by atoms with Crippen LogP contribution in [0.2, 0.25) is 0 Å². The van der Waals surface area contributed by atoms with Crippen molar-refractivity contribution >= 4 is 38.5 Å². The molecule has 0 spiro atoms. The number of para-hydroxylation sites is 1. The third kappa shape index (κ3) is 4.45. The average Bonchev–Trinajstić information content (AvgIpc) is 3.41. The van der Waals surface area contributed by atoms with Crippen LogP contribution >= 0.6 is 0 Å². The van der Waals surface area contributed by atoms with Crippen LogP contribution in [0, 0.1) is 0 Å². The van der Waals surface area contributed by atoms with Crippen LogP contribution in [0.15, 0.2) is 94.9 Å². The zero-order valence-electron chi connectivity index (χ0n) is 18.5. The largest absolute Gasteiger partial charge is 0.449 e. The number of carbonyl (C=O) groups excluding carboxylic acids is 2. The highest BCUT2D eigenvalue weighted by Crippen LogP contribution is 2.28. The summed E-state index contributed by atoms with van der Waals surface area (Å²) in [5.41, 5.74) is 2.25. The SMILES string of the molecule is O=C(CCN=C1NS(=O)(=O)c2ccccc21)O[C@H](C(=O)c1c[nH]c2ccccc12)c1ccccc1. The van der Waals surface area contributed by atoms with Gasteiger partial charge in [-0.3, -0.25) is 19.3 Å². The molecule has 0 radical (unpaired) electrons. The van der Waals surface area contributed by atoms with Gasteiger partial charge in [-0.1, -0.05) is 60.7 Å². The van der Waals surface area contributed by atoms with Crippen LogP contribution in [0.1, 0.15) is 34.0 Å². The predicted octanol–water partition coefficient (Wildman–Crippen LogP) is 3.76. The van der Waals surface area contributed by atoms with Crippen molar-refractivity contribution in [3.8, 4) is 0 Å². The summed E-state index contributed by atoms with van der Waals surface area (Å²) in [5.74, 6) is -0.779. The third-order valence-corrected chi connectivity index (χ3v) is 7.09. The first-order valence-corrected chi connectivity index (χ1v) is 12.4. The normalized spacial score (nSPS) is 15.9. The van der Waals surface area contributed by atoms with Gasteiger partial charge in [0, 0.05) is 33.8 Å². The first-order chi connectivity index (χ1) is 16.9. The van der Waals surface area contributed by atoms with Gasteiger partial charge in [-0.15, -0.1) is 0 Å². The third-order valence-electron chi connectivity index (χ3n) is 5.69. The Kier molecular flexibility index (Phi) is 5.92. The molecule has 35 heavy (non-hydrogen) atoms. The lowest BCUT2D eigenvalue weighted by Gasteiger charge is -2.17. The second-order valence-corrected chi connectivity index (χ2v) is 9.63. The van der Waals surface area contributed by atoms with Crippen molar-refractivity contribution in [2.45, 2.75) is 17.4 Å². The molecule has 2 N–H and O–H groups in total. The molecule has 8 nitrogen and oxygen atoms in total. The Morgan fingerprint density at radius 3 is 2.46 bits per heavy atom. The lowest BCUT2D eigenvalue weighted by Crippen LogP contribution is -2.23. The Hall–Kier alpha value is -4.24. The molecule has 0 fully saturated rings. The number of sulfonamides is 1. The van der Waals surface area contributed by atoms with Crippen LogP contribution in [0.5, 0.6) is 0 Å². The van der Waals surface area contributed by atoms with E-state index in [1.807, 2.05) is 30.3 Å². The van der Waals surface area contributed by atoms with Gasteiger partial charge in [0.1, 0.15) is 5.84 Å². The van der Waals surface area contributed by atoms with E-state index in [4.69, 9.17) is 4.74 Å². The number of ether oxygens (including phenoxy) is 1. The topological polar surface area (TPSA) is 118 Å². The molecule has 9 heteroatoms. The summed E-state index contributed by atoms with van der Waals surface area (Å²) in [7, 11) is -3.66. The fourth-order valence-electron chi connectivity index (χ4n) is 4.02. The molecule has 1 aliphatic heterocycles. The minimum absolute atomic E-state index is 0.00614. The Labute approximate surface area is 201 Å². The van der Waals surface area contributed by atoms with Crippen molar-refractivity contribution in [3.63, 3.8) is 0 Å². The number of esters is 1. The zero-order valence-corrected chi connectivity index (χ0v) is 19.3. The fraction of sp³-hybridized carbons (Fsp3) is 0.115. The minimum atomic E-state index is -3.66. The summed E-state index contributed by atoms with van der Waals surface area (Å²) in [6, 6.07) is 22.7. The fourth-order valence-corrected chi connectivity index (χ4v) is 5.27. The highest BCUT2D eigenvalue weighted by Gasteiger charge is 2.31. The summed E-state index contributed by atoms with van der Waals surface area (Å²) in [4.78, 5) is 33.6. The van der Waals surface area contributed by atoms with Crippen LogP contribution < -0.4 is 4.72 Å². The molecule has 0 saturated carbocycles. The predicted molar refractivity (Wildman–Crippen MR) is 131 cm³/mol. The van der Waals surface area contributed by atoms with Crippen molar-refractivity contribution in [1.29, 1.82) is 0 Å². The summed E-state index contributed by atoms with van der Waals surface area (Å²) in [6.45, 7) is -0.00614. The maximum atomic E-state index is 13.4. The molecule has 4 aromatic rings. The van der Waals surface area contributed by atoms with E-state index in [-0.39, 0.29) is 29.5 Å². The van der Waals surface area contributed by atoms with E-state index in [1.54, 1.807) is 48.7 Å². The van der Waals surface area contributed by atoms with Gasteiger partial charge in [0.15, 0.2) is 6.10 Å². The van der Waals surface area contributed by atoms with Gasteiger partial charge in [-0.25, -0.2) is 8.42 Å². The number of H-pyrrole nitrogens is 1. The van der Waals surface area contributed by atoms with Gasteiger partial charge < -0.3 is 9.72 Å². The van der Waals surface area contributed by atoms with Gasteiger partial charge in [0.25, 0.3) is 10.0 Å². The molecule has 5 rings (SSSR count). The van der Waals surface area contributed by atoms with Crippen LogP contribution in [-0.2, 0) is 19.6 Å².